The van der Waals surface area contributed by atoms with Crippen LogP contribution in [0.25, 0.3) is 0 Å². The maximum absolute atomic E-state index is 13.8. The Morgan fingerprint density at radius 3 is 2.17 bits per heavy atom. The Hall–Kier alpha value is -4.01. The van der Waals surface area contributed by atoms with E-state index < -0.39 is 77.7 Å². The predicted octanol–water partition coefficient (Wildman–Crippen LogP) is 4.25. The second-order valence-corrected chi connectivity index (χ2v) is 11.3. The number of hydrogen-bond donors (Lipinski definition) is 1. The number of halogens is 4. The molecule has 1 aromatic carbocycles. The van der Waals surface area contributed by atoms with Crippen molar-refractivity contribution in [3.8, 4) is 0 Å². The maximum Gasteiger partial charge on any atom is 0.419 e. The molecule has 1 aliphatic heterocycles. The maximum atomic E-state index is 13.8. The Morgan fingerprint density at radius 2 is 1.62 bits per heavy atom. The van der Waals surface area contributed by atoms with Crippen LogP contribution < -0.4 is 5.32 Å². The van der Waals surface area contributed by atoms with E-state index in [1.54, 1.807) is 6.08 Å². The Morgan fingerprint density at radius 1 is 1.00 bits per heavy atom. The van der Waals surface area contributed by atoms with Crippen LogP contribution in [0, 0.1) is 11.7 Å². The van der Waals surface area contributed by atoms with Crippen molar-refractivity contribution >= 4 is 29.7 Å². The predicted molar refractivity (Wildman–Crippen MR) is 159 cm³/mol. The lowest BCUT2D eigenvalue weighted by Gasteiger charge is -2.34. The first kappa shape index (κ1) is 39.2. The average Bonchev–Trinajstić information content (AvgIpc) is 3.14. The van der Waals surface area contributed by atoms with E-state index in [0.29, 0.717) is 25.0 Å². The summed E-state index contributed by atoms with van der Waals surface area (Å²) in [4.78, 5) is 64.9. The van der Waals surface area contributed by atoms with Crippen molar-refractivity contribution in [2.45, 2.75) is 103 Å². The lowest BCUT2D eigenvalue weighted by Crippen LogP contribution is -2.58. The van der Waals surface area contributed by atoms with Gasteiger partial charge in [-0.25, -0.2) is 4.39 Å². The van der Waals surface area contributed by atoms with Crippen molar-refractivity contribution in [2.75, 3.05) is 13.7 Å². The van der Waals surface area contributed by atoms with E-state index in [1.807, 2.05) is 13.8 Å². The van der Waals surface area contributed by atoms with Crippen LogP contribution >= 0.6 is 0 Å². The number of rotatable bonds is 14. The quantitative estimate of drug-likeness (QED) is 0.133. The molecule has 47 heavy (non-hydrogen) atoms. The third-order valence-electron chi connectivity index (χ3n) is 7.44. The van der Waals surface area contributed by atoms with E-state index in [9.17, 15) is 41.5 Å². The molecular formula is C32H42F4N2O9. The minimum atomic E-state index is -4.94. The molecule has 0 spiro atoms. The molecule has 2 amide bonds. The minimum Gasteiger partial charge on any atom is -0.455 e. The number of alkyl halides is 3. The first-order valence-electron chi connectivity index (χ1n) is 15.2. The zero-order chi connectivity index (χ0) is 35.5. The Labute approximate surface area is 270 Å². The summed E-state index contributed by atoms with van der Waals surface area (Å²) in [6.07, 6.45) is -6.19. The van der Waals surface area contributed by atoms with Crippen LogP contribution in [0.15, 0.2) is 30.4 Å². The fourth-order valence-corrected chi connectivity index (χ4v) is 5.00. The summed E-state index contributed by atoms with van der Waals surface area (Å²) in [6, 6.07) is 1.30. The van der Waals surface area contributed by atoms with E-state index >= 15 is 0 Å². The van der Waals surface area contributed by atoms with Crippen LogP contribution in [0.3, 0.4) is 0 Å². The van der Waals surface area contributed by atoms with E-state index in [2.05, 4.69) is 5.32 Å². The van der Waals surface area contributed by atoms with Gasteiger partial charge in [0, 0.05) is 41.0 Å². The van der Waals surface area contributed by atoms with Crippen molar-refractivity contribution in [1.82, 2.24) is 10.2 Å². The zero-order valence-corrected chi connectivity index (χ0v) is 27.2. The van der Waals surface area contributed by atoms with E-state index in [-0.39, 0.29) is 31.0 Å². The first-order chi connectivity index (χ1) is 22.0. The number of carbonyl (C=O) groups is 5. The highest BCUT2D eigenvalue weighted by molar-refractivity contribution is 5.90. The molecule has 262 valence electrons. The van der Waals surface area contributed by atoms with Crippen molar-refractivity contribution in [2.24, 2.45) is 5.92 Å². The summed E-state index contributed by atoms with van der Waals surface area (Å²) >= 11 is 0. The van der Waals surface area contributed by atoms with Gasteiger partial charge in [0.2, 0.25) is 5.91 Å². The van der Waals surface area contributed by atoms with Crippen molar-refractivity contribution in [3.63, 3.8) is 0 Å². The number of amides is 2. The first-order valence-corrected chi connectivity index (χ1v) is 15.2. The Bertz CT molecular complexity index is 1300. The molecule has 1 aliphatic rings. The molecule has 0 saturated carbocycles. The van der Waals surface area contributed by atoms with Crippen LogP contribution in [-0.4, -0.2) is 78.7 Å². The van der Waals surface area contributed by atoms with Crippen LogP contribution in [0.2, 0.25) is 0 Å². The summed E-state index contributed by atoms with van der Waals surface area (Å²) in [5, 5.41) is 2.57. The molecule has 0 bridgehead atoms. The highest BCUT2D eigenvalue weighted by atomic mass is 19.4. The van der Waals surface area contributed by atoms with Crippen molar-refractivity contribution < 1.29 is 60.5 Å². The number of ether oxygens (including phenoxy) is 4. The third kappa shape index (κ3) is 11.9. The number of hydrogen-bond acceptors (Lipinski definition) is 9. The molecule has 1 saturated heterocycles. The Balaban J connectivity index is 2.41. The summed E-state index contributed by atoms with van der Waals surface area (Å²) < 4.78 is 75.3. The van der Waals surface area contributed by atoms with Crippen LogP contribution in [0.5, 0.6) is 0 Å². The van der Waals surface area contributed by atoms with Gasteiger partial charge in [-0.3, -0.25) is 24.0 Å². The Kier molecular flexibility index (Phi) is 14.8. The highest BCUT2D eigenvalue weighted by Gasteiger charge is 2.45. The largest absolute Gasteiger partial charge is 0.455 e. The normalized spacial score (nSPS) is 18.8. The van der Waals surface area contributed by atoms with Gasteiger partial charge in [-0.1, -0.05) is 32.4 Å². The zero-order valence-electron chi connectivity index (χ0n) is 27.2. The molecule has 1 aromatic rings. The minimum absolute atomic E-state index is 0.0129. The van der Waals surface area contributed by atoms with E-state index in [0.717, 1.165) is 40.4 Å². The number of carbonyl (C=O) groups excluding carboxylic acids is 5. The molecule has 0 aromatic heterocycles. The van der Waals surface area contributed by atoms with Gasteiger partial charge in [0.05, 0.1) is 5.56 Å². The summed E-state index contributed by atoms with van der Waals surface area (Å²) in [5.74, 6) is -5.47. The van der Waals surface area contributed by atoms with Gasteiger partial charge in [0.1, 0.15) is 11.9 Å². The van der Waals surface area contributed by atoms with Crippen molar-refractivity contribution in [3.05, 3.63) is 47.3 Å². The molecule has 1 N–H and O–H groups in total. The summed E-state index contributed by atoms with van der Waals surface area (Å²) in [7, 11) is 1.12. The van der Waals surface area contributed by atoms with Gasteiger partial charge < -0.3 is 29.2 Å². The average molecular weight is 675 g/mol. The van der Waals surface area contributed by atoms with Gasteiger partial charge in [-0.2, -0.15) is 13.2 Å². The van der Waals surface area contributed by atoms with E-state index in [1.165, 1.54) is 11.0 Å². The second-order valence-electron chi connectivity index (χ2n) is 11.3. The van der Waals surface area contributed by atoms with Gasteiger partial charge in [-0.15, -0.1) is 0 Å². The highest BCUT2D eigenvalue weighted by Crippen LogP contribution is 2.32. The van der Waals surface area contributed by atoms with Crippen LogP contribution in [0.1, 0.15) is 71.4 Å². The molecule has 1 fully saturated rings. The third-order valence-corrected chi connectivity index (χ3v) is 7.44. The number of nitrogens with one attached hydrogen (secondary N) is 1. The molecule has 11 nitrogen and oxygen atoms in total. The van der Waals surface area contributed by atoms with Gasteiger partial charge in [0.15, 0.2) is 24.4 Å². The van der Waals surface area contributed by atoms with Gasteiger partial charge in [0.25, 0.3) is 5.91 Å². The fraction of sp³-hybridized carbons (Fsp3) is 0.594. The molecule has 6 atom stereocenters. The number of nitrogens with zero attached hydrogens (tertiary/aromatic N) is 1. The fourth-order valence-electron chi connectivity index (χ4n) is 5.00. The lowest BCUT2D eigenvalue weighted by molar-refractivity contribution is -0.192. The molecule has 2 rings (SSSR count). The smallest absolute Gasteiger partial charge is 0.419 e. The van der Waals surface area contributed by atoms with Crippen molar-refractivity contribution in [1.29, 1.82) is 0 Å². The molecule has 1 unspecified atom stereocenters. The lowest BCUT2D eigenvalue weighted by atomic mass is 9.98. The van der Waals surface area contributed by atoms with Crippen LogP contribution in [-0.2, 0) is 55.6 Å². The molecule has 0 radical (unpaired) electrons. The van der Waals surface area contributed by atoms with Crippen LogP contribution in [0.4, 0.5) is 17.6 Å². The second kappa shape index (κ2) is 17.8. The molecule has 15 heteroatoms. The van der Waals surface area contributed by atoms with Gasteiger partial charge >= 0.3 is 24.1 Å². The number of likely N-dealkylation sites (tertiary alicyclic amines) is 1. The monoisotopic (exact) mass is 674 g/mol. The summed E-state index contributed by atoms with van der Waals surface area (Å²) in [6.45, 7) is 6.92. The molecule has 1 heterocycles. The standard InChI is InChI=1S/C32H42F4N2O9/c1-7-18(2)11-14-26(45-19(3)39)27(46-20(4)40)28(47-21(5)41)29(44-6)30(42)37-25-10-8-9-15-38(31(25)43)17-22-12-13-24(33)23(16-22)32(34,35)36/h11-14,16,18,25-29H,7-10,15,17H2,1-6H3,(H,37,42)/t18?,25-,26+,27-,28+,29+/m0/s1. The topological polar surface area (TPSA) is 138 Å². The number of methoxy groups -OCH3 is 1. The van der Waals surface area contributed by atoms with E-state index in [4.69, 9.17) is 18.9 Å². The molecule has 0 aliphatic carbocycles. The SMILES string of the molecule is CCC(C)C=C[C@@H](OC(C)=O)[C@H](OC(C)=O)[C@@H](OC(C)=O)[C@@H](OC)C(=O)N[C@H]1CCCCN(Cc2ccc(F)c(C(F)(F)F)c2)C1=O. The molecular weight excluding hydrogens is 632 g/mol. The number of benzene rings is 1. The van der Waals surface area contributed by atoms with Gasteiger partial charge in [-0.05, 0) is 49.0 Å². The number of esters is 3. The summed E-state index contributed by atoms with van der Waals surface area (Å²) in [5.41, 5.74) is -1.43. The number of allylic oxidation sites excluding steroid dienone is 1.